The van der Waals surface area contributed by atoms with E-state index >= 15 is 0 Å². The van der Waals surface area contributed by atoms with Crippen molar-refractivity contribution >= 4 is 43.5 Å². The van der Waals surface area contributed by atoms with Gasteiger partial charge in [-0.3, -0.25) is 0 Å². The molecule has 0 fully saturated rings. The van der Waals surface area contributed by atoms with Crippen molar-refractivity contribution < 1.29 is 11.3 Å². The zero-order chi connectivity index (χ0) is 38.1. The second kappa shape index (κ2) is 11.9. The maximum atomic E-state index is 8.45. The van der Waals surface area contributed by atoms with Crippen LogP contribution in [-0.2, 0) is 0 Å². The Balaban J connectivity index is 1.08. The number of furan rings is 1. The van der Waals surface area contributed by atoms with E-state index < -0.39 is 6.04 Å². The first-order valence-electron chi connectivity index (χ1n) is 19.2. The first kappa shape index (κ1) is 24.3. The van der Waals surface area contributed by atoms with Gasteiger partial charge in [0.25, 0.3) is 0 Å². The fourth-order valence-corrected chi connectivity index (χ4v) is 6.82. The van der Waals surface area contributed by atoms with Gasteiger partial charge in [-0.25, -0.2) is 15.0 Å². The molecule has 0 radical (unpaired) electrons. The topological polar surface area (TPSA) is 51.8 Å². The lowest BCUT2D eigenvalue weighted by Gasteiger charge is -2.10. The molecule has 4 nitrogen and oxygen atoms in total. The molecule has 0 saturated carbocycles. The smallest absolute Gasteiger partial charge is 0.164 e. The fraction of sp³-hybridized carbons (Fsp3) is 0. The molecule has 4 heteroatoms. The minimum absolute atomic E-state index is 0.142. The first-order valence-corrected chi connectivity index (χ1v) is 16.7. The molecule has 51 heavy (non-hydrogen) atoms. The van der Waals surface area contributed by atoms with Crippen molar-refractivity contribution in [3.05, 3.63) is 176 Å². The number of rotatable bonds is 5. The largest absolute Gasteiger partial charge is 0.456 e. The zero-order valence-corrected chi connectivity index (χ0v) is 27.1. The van der Waals surface area contributed by atoms with Gasteiger partial charge >= 0.3 is 0 Å². The van der Waals surface area contributed by atoms with Crippen molar-refractivity contribution in [3.8, 4) is 56.4 Å². The molecule has 0 amide bonds. The van der Waals surface area contributed by atoms with E-state index in [1.807, 2.05) is 66.7 Å². The van der Waals surface area contributed by atoms with Crippen LogP contribution in [0.15, 0.2) is 180 Å². The second-order valence-electron chi connectivity index (χ2n) is 12.5. The van der Waals surface area contributed by atoms with Crippen molar-refractivity contribution in [2.75, 3.05) is 0 Å². The minimum atomic E-state index is -0.423. The number of hydrogen-bond donors (Lipinski definition) is 0. The van der Waals surface area contributed by atoms with Crippen molar-refractivity contribution in [1.82, 2.24) is 15.0 Å². The Kier molecular flexibility index (Phi) is 5.66. The Morgan fingerprint density at radius 3 is 1.63 bits per heavy atom. The Morgan fingerprint density at radius 2 is 0.941 bits per heavy atom. The van der Waals surface area contributed by atoms with E-state index in [-0.39, 0.29) is 29.7 Å². The molecule has 0 saturated heterocycles. The SMILES string of the molecule is [2H]c1c([2H])c([2H])c(-c2ccc(-c3nc(-c4ccc(-c5cccc6oc7cc8ccccc8cc7c56)cc4)nc(-c4ccc5ccccc5c4)n3)cc2)c([2H])c1[2H]. The molecule has 0 N–H and O–H groups in total. The second-order valence-corrected chi connectivity index (χ2v) is 12.5. The molecule has 238 valence electrons. The summed E-state index contributed by atoms with van der Waals surface area (Å²) in [6.07, 6.45) is 0. The van der Waals surface area contributed by atoms with Gasteiger partial charge in [0.05, 0.1) is 6.85 Å². The van der Waals surface area contributed by atoms with Crippen molar-refractivity contribution in [2.45, 2.75) is 0 Å². The van der Waals surface area contributed by atoms with Crippen LogP contribution < -0.4 is 0 Å². The maximum absolute atomic E-state index is 8.45. The predicted molar refractivity (Wildman–Crippen MR) is 209 cm³/mol. The number of fused-ring (bicyclic) bond motifs is 5. The van der Waals surface area contributed by atoms with Crippen LogP contribution in [0, 0.1) is 0 Å². The molecule has 0 atom stereocenters. The van der Waals surface area contributed by atoms with Crippen molar-refractivity contribution in [2.24, 2.45) is 0 Å². The summed E-state index contributed by atoms with van der Waals surface area (Å²) in [5.41, 5.74) is 6.76. The van der Waals surface area contributed by atoms with Gasteiger partial charge in [-0.2, -0.15) is 0 Å². The standard InChI is InChI=1S/C47H29N3O/c1-2-9-30(10-3-1)32-17-22-34(23-18-32)45-48-46(50-47(49-45)39-26-19-31-11-4-5-12-36(31)27-39)35-24-20-33(21-25-35)40-15-8-16-42-44(40)41-28-37-13-6-7-14-38(37)29-43(41)51-42/h1-29H/i1D,2D,3D,9D,10D. The summed E-state index contributed by atoms with van der Waals surface area (Å²) in [6.45, 7) is 0. The summed E-state index contributed by atoms with van der Waals surface area (Å²) < 4.78 is 47.5. The lowest BCUT2D eigenvalue weighted by Crippen LogP contribution is -2.00. The fourth-order valence-electron chi connectivity index (χ4n) is 6.82. The van der Waals surface area contributed by atoms with Gasteiger partial charge in [0.15, 0.2) is 17.5 Å². The summed E-state index contributed by atoms with van der Waals surface area (Å²) in [4.78, 5) is 14.9. The van der Waals surface area contributed by atoms with E-state index in [0.29, 0.717) is 28.6 Å². The molecule has 0 spiro atoms. The summed E-state index contributed by atoms with van der Waals surface area (Å²) >= 11 is 0. The highest BCUT2D eigenvalue weighted by Gasteiger charge is 2.16. The van der Waals surface area contributed by atoms with E-state index in [1.54, 1.807) is 12.1 Å². The summed E-state index contributed by atoms with van der Waals surface area (Å²) in [5.74, 6) is 1.45. The Morgan fingerprint density at radius 1 is 0.392 bits per heavy atom. The minimum Gasteiger partial charge on any atom is -0.456 e. The Labute approximate surface area is 301 Å². The third-order valence-corrected chi connectivity index (χ3v) is 9.39. The van der Waals surface area contributed by atoms with Gasteiger partial charge in [-0.05, 0) is 68.1 Å². The van der Waals surface area contributed by atoms with Crippen LogP contribution in [0.4, 0.5) is 0 Å². The van der Waals surface area contributed by atoms with Crippen LogP contribution in [0.5, 0.6) is 0 Å². The molecule has 0 aliphatic heterocycles. The van der Waals surface area contributed by atoms with Crippen LogP contribution in [0.25, 0.3) is 99.9 Å². The molecule has 0 aliphatic carbocycles. The third-order valence-electron chi connectivity index (χ3n) is 9.39. The highest BCUT2D eigenvalue weighted by atomic mass is 16.3. The summed E-state index contributed by atoms with van der Waals surface area (Å²) in [6, 6.07) is 46.7. The van der Waals surface area contributed by atoms with Crippen LogP contribution in [-0.4, -0.2) is 15.0 Å². The van der Waals surface area contributed by atoms with E-state index in [1.165, 1.54) is 0 Å². The van der Waals surface area contributed by atoms with Gasteiger partial charge in [0.2, 0.25) is 0 Å². The monoisotopic (exact) mass is 656 g/mol. The van der Waals surface area contributed by atoms with Crippen LogP contribution in [0.2, 0.25) is 0 Å². The molecule has 2 heterocycles. The highest BCUT2D eigenvalue weighted by Crippen LogP contribution is 2.39. The first-order chi connectivity index (χ1) is 27.3. The lowest BCUT2D eigenvalue weighted by molar-refractivity contribution is 0.669. The van der Waals surface area contributed by atoms with Crippen LogP contribution in [0.1, 0.15) is 6.85 Å². The van der Waals surface area contributed by atoms with Crippen LogP contribution in [0.3, 0.4) is 0 Å². The Bertz CT molecular complexity index is 3170. The van der Waals surface area contributed by atoms with E-state index in [2.05, 4.69) is 66.7 Å². The predicted octanol–water partition coefficient (Wildman–Crippen LogP) is 12.4. The summed E-state index contributed by atoms with van der Waals surface area (Å²) in [7, 11) is 0. The van der Waals surface area contributed by atoms with Crippen molar-refractivity contribution in [1.29, 1.82) is 0 Å². The zero-order valence-electron chi connectivity index (χ0n) is 32.1. The molecule has 0 aliphatic rings. The van der Waals surface area contributed by atoms with Gasteiger partial charge in [0, 0.05) is 27.5 Å². The number of nitrogens with zero attached hydrogens (tertiary/aromatic N) is 3. The average Bonchev–Trinajstić information content (AvgIpc) is 3.61. The number of benzene rings is 8. The molecule has 2 aromatic heterocycles. The van der Waals surface area contributed by atoms with Gasteiger partial charge in [-0.15, -0.1) is 0 Å². The van der Waals surface area contributed by atoms with E-state index in [4.69, 9.17) is 26.2 Å². The van der Waals surface area contributed by atoms with Crippen molar-refractivity contribution in [3.63, 3.8) is 0 Å². The van der Waals surface area contributed by atoms with Gasteiger partial charge < -0.3 is 4.42 Å². The third kappa shape index (κ3) is 5.22. The molecular weight excluding hydrogens is 623 g/mol. The molecule has 10 rings (SSSR count). The number of hydrogen-bond acceptors (Lipinski definition) is 4. The quantitative estimate of drug-likeness (QED) is 0.185. The van der Waals surface area contributed by atoms with Gasteiger partial charge in [-0.1, -0.05) is 152 Å². The molecule has 0 bridgehead atoms. The average molecular weight is 657 g/mol. The molecular formula is C47H29N3O. The highest BCUT2D eigenvalue weighted by molar-refractivity contribution is 6.15. The Hall–Kier alpha value is -6.91. The van der Waals surface area contributed by atoms with Crippen LogP contribution >= 0.6 is 0 Å². The molecule has 8 aromatic carbocycles. The van der Waals surface area contributed by atoms with E-state index in [0.717, 1.165) is 65.7 Å². The van der Waals surface area contributed by atoms with Gasteiger partial charge in [0.1, 0.15) is 11.2 Å². The lowest BCUT2D eigenvalue weighted by atomic mass is 9.97. The molecule has 0 unspecified atom stereocenters. The molecule has 10 aromatic rings. The maximum Gasteiger partial charge on any atom is 0.164 e. The normalized spacial score (nSPS) is 12.9. The van der Waals surface area contributed by atoms with E-state index in [9.17, 15) is 0 Å². The number of aromatic nitrogens is 3. The summed E-state index contributed by atoms with van der Waals surface area (Å²) in [5, 5.41) is 6.60.